The number of aromatic nitrogens is 1. The molecule has 6 nitrogen and oxygen atoms in total. The number of ether oxygens (including phenoxy) is 1. The Kier molecular flexibility index (Phi) is 5.57. The summed E-state index contributed by atoms with van der Waals surface area (Å²) in [6.07, 6.45) is 3.16. The molecule has 6 heteroatoms. The minimum absolute atomic E-state index is 0.266. The van der Waals surface area contributed by atoms with Crippen molar-refractivity contribution in [3.05, 3.63) is 71.6 Å². The lowest BCUT2D eigenvalue weighted by molar-refractivity contribution is -0.136. The van der Waals surface area contributed by atoms with Crippen molar-refractivity contribution >= 4 is 34.2 Å². The Labute approximate surface area is 175 Å². The highest BCUT2D eigenvalue weighted by Crippen LogP contribution is 2.31. The van der Waals surface area contributed by atoms with Gasteiger partial charge in [0.15, 0.2) is 0 Å². The molecule has 0 spiro atoms. The minimum atomic E-state index is -0.447. The Bertz CT molecular complexity index is 1110. The first kappa shape index (κ1) is 19.8. The zero-order valence-corrected chi connectivity index (χ0v) is 17.2. The summed E-state index contributed by atoms with van der Waals surface area (Å²) in [5.41, 5.74) is 4.99. The van der Waals surface area contributed by atoms with Gasteiger partial charge in [-0.05, 0) is 49.1 Å². The van der Waals surface area contributed by atoms with Crippen LogP contribution in [-0.2, 0) is 22.4 Å². The number of hydrogen-bond donors (Lipinski definition) is 2. The third-order valence-corrected chi connectivity index (χ3v) is 5.34. The van der Waals surface area contributed by atoms with Gasteiger partial charge in [-0.15, -0.1) is 0 Å². The first-order valence-electron chi connectivity index (χ1n) is 10.3. The molecule has 0 aliphatic carbocycles. The van der Waals surface area contributed by atoms with E-state index >= 15 is 0 Å². The van der Waals surface area contributed by atoms with Crippen LogP contribution in [0.15, 0.2) is 54.7 Å². The van der Waals surface area contributed by atoms with Gasteiger partial charge in [-0.1, -0.05) is 37.3 Å². The van der Waals surface area contributed by atoms with E-state index in [9.17, 15) is 9.59 Å². The maximum atomic E-state index is 12.9. The highest BCUT2D eigenvalue weighted by molar-refractivity contribution is 6.18. The number of urea groups is 1. The fourth-order valence-electron chi connectivity index (χ4n) is 3.75. The van der Waals surface area contributed by atoms with Crippen LogP contribution in [0, 0.1) is 0 Å². The van der Waals surface area contributed by atoms with Crippen LogP contribution < -0.4 is 5.32 Å². The van der Waals surface area contributed by atoms with Gasteiger partial charge in [-0.3, -0.25) is 4.90 Å². The molecule has 30 heavy (non-hydrogen) atoms. The van der Waals surface area contributed by atoms with Crippen molar-refractivity contribution in [1.29, 1.82) is 0 Å². The fourth-order valence-corrected chi connectivity index (χ4v) is 3.75. The van der Waals surface area contributed by atoms with Crippen molar-refractivity contribution in [1.82, 2.24) is 9.88 Å². The number of aryl methyl sites for hydroxylation is 1. The van der Waals surface area contributed by atoms with E-state index in [2.05, 4.69) is 17.2 Å². The molecule has 1 aliphatic heterocycles. The van der Waals surface area contributed by atoms with Gasteiger partial charge in [0.2, 0.25) is 0 Å². The summed E-state index contributed by atoms with van der Waals surface area (Å²) in [4.78, 5) is 30.5. The van der Waals surface area contributed by atoms with E-state index in [-0.39, 0.29) is 12.6 Å². The molecular formula is C24H25N3O3. The molecule has 0 fully saturated rings. The third-order valence-electron chi connectivity index (χ3n) is 5.34. The van der Waals surface area contributed by atoms with E-state index in [0.29, 0.717) is 18.5 Å². The Balaban J connectivity index is 1.66. The zero-order valence-electron chi connectivity index (χ0n) is 17.2. The molecule has 2 amide bonds. The van der Waals surface area contributed by atoms with Crippen LogP contribution in [0.2, 0.25) is 0 Å². The molecule has 154 valence electrons. The smallest absolute Gasteiger partial charge is 0.341 e. The highest BCUT2D eigenvalue weighted by atomic mass is 16.5. The summed E-state index contributed by atoms with van der Waals surface area (Å²) in [5.74, 6) is -0.447. The van der Waals surface area contributed by atoms with E-state index in [1.165, 1.54) is 5.56 Å². The van der Waals surface area contributed by atoms with Crippen molar-refractivity contribution in [2.24, 2.45) is 0 Å². The number of aromatic amines is 1. The number of anilines is 1. The molecule has 2 aromatic carbocycles. The number of carbonyl (C=O) groups excluding carboxylic acids is 2. The van der Waals surface area contributed by atoms with Crippen molar-refractivity contribution in [3.63, 3.8) is 0 Å². The normalized spacial score (nSPS) is 13.4. The molecule has 0 radical (unpaired) electrons. The van der Waals surface area contributed by atoms with Crippen LogP contribution in [0.3, 0.4) is 0 Å². The number of rotatable bonds is 4. The van der Waals surface area contributed by atoms with Gasteiger partial charge in [0.05, 0.1) is 17.9 Å². The number of nitrogens with zero attached hydrogens (tertiary/aromatic N) is 1. The van der Waals surface area contributed by atoms with Crippen molar-refractivity contribution in [2.45, 2.75) is 26.7 Å². The lowest BCUT2D eigenvalue weighted by Crippen LogP contribution is -2.32. The van der Waals surface area contributed by atoms with Gasteiger partial charge in [-0.25, -0.2) is 9.59 Å². The van der Waals surface area contributed by atoms with E-state index in [4.69, 9.17) is 4.74 Å². The SMILES string of the molecule is CCOC(=O)C1=CN(C(=O)Nc2ccc(CC)cc2)CCc2c1[nH]c1ccccc21. The summed E-state index contributed by atoms with van der Waals surface area (Å²) in [5, 5.41) is 3.97. The van der Waals surface area contributed by atoms with Gasteiger partial charge < -0.3 is 15.0 Å². The van der Waals surface area contributed by atoms with Crippen LogP contribution in [0.5, 0.6) is 0 Å². The zero-order chi connectivity index (χ0) is 21.1. The number of fused-ring (bicyclic) bond motifs is 3. The number of hydrogen-bond acceptors (Lipinski definition) is 3. The van der Waals surface area contributed by atoms with Gasteiger partial charge in [0, 0.05) is 29.3 Å². The minimum Gasteiger partial charge on any atom is -0.462 e. The molecule has 1 aromatic heterocycles. The third kappa shape index (κ3) is 3.81. The van der Waals surface area contributed by atoms with Crippen molar-refractivity contribution in [3.8, 4) is 0 Å². The van der Waals surface area contributed by atoms with E-state index in [1.54, 1.807) is 18.0 Å². The quantitative estimate of drug-likeness (QED) is 0.619. The predicted molar refractivity (Wildman–Crippen MR) is 118 cm³/mol. The Morgan fingerprint density at radius 2 is 1.87 bits per heavy atom. The van der Waals surface area contributed by atoms with Crippen LogP contribution in [0.1, 0.15) is 30.7 Å². The van der Waals surface area contributed by atoms with Crippen LogP contribution in [-0.4, -0.2) is 35.0 Å². The standard InChI is InChI=1S/C24H25N3O3/c1-3-16-9-11-17(12-10-16)25-24(29)27-14-13-19-18-7-5-6-8-21(18)26-22(19)20(15-27)23(28)30-4-2/h5-12,15,26H,3-4,13-14H2,1-2H3,(H,25,29). The lowest BCUT2D eigenvalue weighted by atomic mass is 10.0. The average Bonchev–Trinajstić information content (AvgIpc) is 3.01. The lowest BCUT2D eigenvalue weighted by Gasteiger charge is -2.18. The molecule has 0 bridgehead atoms. The van der Waals surface area contributed by atoms with Crippen molar-refractivity contribution in [2.75, 3.05) is 18.5 Å². The summed E-state index contributed by atoms with van der Waals surface area (Å²) >= 11 is 0. The monoisotopic (exact) mass is 403 g/mol. The summed E-state index contributed by atoms with van der Waals surface area (Å²) in [7, 11) is 0. The molecule has 4 rings (SSSR count). The molecule has 1 aliphatic rings. The molecule has 2 N–H and O–H groups in total. The number of amides is 2. The van der Waals surface area contributed by atoms with Crippen LogP contribution >= 0.6 is 0 Å². The number of H-pyrrole nitrogens is 1. The van der Waals surface area contributed by atoms with Crippen LogP contribution in [0.25, 0.3) is 16.5 Å². The molecule has 0 atom stereocenters. The molecular weight excluding hydrogens is 378 g/mol. The van der Waals surface area contributed by atoms with Crippen LogP contribution in [0.4, 0.5) is 10.5 Å². The topological polar surface area (TPSA) is 74.4 Å². The Morgan fingerprint density at radius 1 is 1.10 bits per heavy atom. The van der Waals surface area contributed by atoms with Gasteiger partial charge >= 0.3 is 12.0 Å². The second kappa shape index (κ2) is 8.45. The number of carbonyl (C=O) groups is 2. The summed E-state index contributed by atoms with van der Waals surface area (Å²) < 4.78 is 5.28. The fraction of sp³-hybridized carbons (Fsp3) is 0.250. The number of esters is 1. The number of para-hydroxylation sites is 1. The predicted octanol–water partition coefficient (Wildman–Crippen LogP) is 4.72. The average molecular weight is 403 g/mol. The number of benzene rings is 2. The highest BCUT2D eigenvalue weighted by Gasteiger charge is 2.27. The summed E-state index contributed by atoms with van der Waals surface area (Å²) in [6.45, 7) is 4.58. The maximum absolute atomic E-state index is 12.9. The second-order valence-electron chi connectivity index (χ2n) is 7.21. The molecule has 3 aromatic rings. The second-order valence-corrected chi connectivity index (χ2v) is 7.21. The first-order chi connectivity index (χ1) is 14.6. The Morgan fingerprint density at radius 3 is 2.60 bits per heavy atom. The van der Waals surface area contributed by atoms with Crippen molar-refractivity contribution < 1.29 is 14.3 Å². The largest absolute Gasteiger partial charge is 0.462 e. The van der Waals surface area contributed by atoms with E-state index in [0.717, 1.165) is 34.3 Å². The van der Waals surface area contributed by atoms with E-state index in [1.807, 2.05) is 48.5 Å². The summed E-state index contributed by atoms with van der Waals surface area (Å²) in [6, 6.07) is 15.4. The van der Waals surface area contributed by atoms with E-state index < -0.39 is 5.97 Å². The Hall–Kier alpha value is -3.54. The van der Waals surface area contributed by atoms with Gasteiger partial charge in [0.25, 0.3) is 0 Å². The maximum Gasteiger partial charge on any atom is 0.341 e. The molecule has 0 unspecified atom stereocenters. The molecule has 2 heterocycles. The first-order valence-corrected chi connectivity index (χ1v) is 10.3. The van der Waals surface area contributed by atoms with Gasteiger partial charge in [-0.2, -0.15) is 0 Å². The van der Waals surface area contributed by atoms with Gasteiger partial charge in [0.1, 0.15) is 0 Å². The number of nitrogens with one attached hydrogen (secondary N) is 2. The molecule has 0 saturated carbocycles. The molecule has 0 saturated heterocycles.